The van der Waals surface area contributed by atoms with Crippen LogP contribution in [-0.2, 0) is 0 Å². The summed E-state index contributed by atoms with van der Waals surface area (Å²) in [5.74, 6) is -0.904. The fourth-order valence-electron chi connectivity index (χ4n) is 2.46. The molecule has 1 saturated carbocycles. The van der Waals surface area contributed by atoms with Crippen LogP contribution in [0.15, 0.2) is 22.7 Å². The summed E-state index contributed by atoms with van der Waals surface area (Å²) in [6.07, 6.45) is 7.06. The van der Waals surface area contributed by atoms with Crippen molar-refractivity contribution in [3.63, 3.8) is 0 Å². The van der Waals surface area contributed by atoms with Gasteiger partial charge in [-0.15, -0.1) is 0 Å². The highest BCUT2D eigenvalue weighted by Crippen LogP contribution is 2.29. The maximum Gasteiger partial charge on any atom is 0.336 e. The highest BCUT2D eigenvalue weighted by molar-refractivity contribution is 9.10. The van der Waals surface area contributed by atoms with Crippen molar-refractivity contribution in [3.05, 3.63) is 28.2 Å². The van der Waals surface area contributed by atoms with Crippen molar-refractivity contribution in [1.82, 2.24) is 0 Å². The Kier molecular flexibility index (Phi) is 5.16. The van der Waals surface area contributed by atoms with Gasteiger partial charge < -0.3 is 10.4 Å². The number of halogens is 1. The number of anilines is 1. The molecule has 2 N–H and O–H groups in total. The second kappa shape index (κ2) is 6.66. The zero-order valence-corrected chi connectivity index (χ0v) is 13.3. The van der Waals surface area contributed by atoms with Gasteiger partial charge in [-0.1, -0.05) is 0 Å². The summed E-state index contributed by atoms with van der Waals surface area (Å²) in [4.78, 5) is 10.9. The molecule has 19 heavy (non-hydrogen) atoms. The molecule has 0 aliphatic heterocycles. The van der Waals surface area contributed by atoms with Crippen LogP contribution in [0.5, 0.6) is 0 Å². The summed E-state index contributed by atoms with van der Waals surface area (Å²) in [6.45, 7) is 0. The Morgan fingerprint density at radius 2 is 2.05 bits per heavy atom. The van der Waals surface area contributed by atoms with E-state index in [2.05, 4.69) is 27.5 Å². The van der Waals surface area contributed by atoms with E-state index in [0.29, 0.717) is 16.1 Å². The van der Waals surface area contributed by atoms with Crippen molar-refractivity contribution in [2.45, 2.75) is 37.0 Å². The number of rotatable bonds is 4. The first kappa shape index (κ1) is 14.7. The van der Waals surface area contributed by atoms with Gasteiger partial charge in [0.2, 0.25) is 0 Å². The third-order valence-electron chi connectivity index (χ3n) is 3.58. The topological polar surface area (TPSA) is 49.3 Å². The second-order valence-corrected chi connectivity index (χ2v) is 6.85. The fourth-order valence-corrected chi connectivity index (χ4v) is 3.75. The van der Waals surface area contributed by atoms with E-state index in [1.807, 2.05) is 23.9 Å². The molecule has 1 aliphatic carbocycles. The van der Waals surface area contributed by atoms with E-state index in [1.54, 1.807) is 6.07 Å². The standard InChI is InChI=1S/C14H18BrNO2S/c1-19-11-5-2-9(3-6-11)16-10-4-7-12(14(17)18)13(15)8-10/h4,7-9,11,16H,2-3,5-6H2,1H3,(H,17,18). The number of nitrogens with one attached hydrogen (secondary N) is 1. The van der Waals surface area contributed by atoms with Crippen molar-refractivity contribution >= 4 is 39.3 Å². The minimum absolute atomic E-state index is 0.302. The smallest absolute Gasteiger partial charge is 0.336 e. The number of benzene rings is 1. The lowest BCUT2D eigenvalue weighted by molar-refractivity contribution is 0.0696. The zero-order chi connectivity index (χ0) is 13.8. The first-order valence-electron chi connectivity index (χ1n) is 6.42. The number of carboxylic acid groups (broad SMARTS) is 1. The third-order valence-corrected chi connectivity index (χ3v) is 5.37. The normalized spacial score (nSPS) is 23.1. The van der Waals surface area contributed by atoms with Gasteiger partial charge in [0.25, 0.3) is 0 Å². The molecule has 1 aromatic carbocycles. The maximum absolute atomic E-state index is 10.9. The summed E-state index contributed by atoms with van der Waals surface area (Å²) in [5, 5.41) is 13.3. The van der Waals surface area contributed by atoms with E-state index in [-0.39, 0.29) is 0 Å². The first-order valence-corrected chi connectivity index (χ1v) is 8.50. The van der Waals surface area contributed by atoms with Crippen LogP contribution >= 0.6 is 27.7 Å². The summed E-state index contributed by atoms with van der Waals surface area (Å²) in [6, 6.07) is 5.84. The van der Waals surface area contributed by atoms with Crippen LogP contribution in [0.1, 0.15) is 36.0 Å². The summed E-state index contributed by atoms with van der Waals surface area (Å²) >= 11 is 5.27. The molecule has 2 rings (SSSR count). The Balaban J connectivity index is 1.97. The lowest BCUT2D eigenvalue weighted by Crippen LogP contribution is -2.27. The van der Waals surface area contributed by atoms with Crippen molar-refractivity contribution < 1.29 is 9.90 Å². The lowest BCUT2D eigenvalue weighted by atomic mass is 9.95. The van der Waals surface area contributed by atoms with Crippen LogP contribution in [-0.4, -0.2) is 28.6 Å². The molecule has 104 valence electrons. The molecule has 5 heteroatoms. The van der Waals surface area contributed by atoms with E-state index in [4.69, 9.17) is 5.11 Å². The zero-order valence-electron chi connectivity index (χ0n) is 10.9. The molecule has 1 aliphatic rings. The summed E-state index contributed by atoms with van der Waals surface area (Å²) in [7, 11) is 0. The number of thioether (sulfide) groups is 1. The average molecular weight is 344 g/mol. The molecular weight excluding hydrogens is 326 g/mol. The van der Waals surface area contributed by atoms with Crippen LogP contribution in [0.3, 0.4) is 0 Å². The Bertz CT molecular complexity index is 459. The lowest BCUT2D eigenvalue weighted by Gasteiger charge is -2.28. The molecule has 1 aromatic rings. The van der Waals surface area contributed by atoms with Gasteiger partial charge in [0.05, 0.1) is 5.56 Å². The van der Waals surface area contributed by atoms with E-state index in [9.17, 15) is 4.79 Å². The van der Waals surface area contributed by atoms with Gasteiger partial charge in [0.1, 0.15) is 0 Å². The van der Waals surface area contributed by atoms with Crippen LogP contribution in [0, 0.1) is 0 Å². The number of carbonyl (C=O) groups is 1. The van der Waals surface area contributed by atoms with E-state index >= 15 is 0 Å². The van der Waals surface area contributed by atoms with Crippen molar-refractivity contribution in [1.29, 1.82) is 0 Å². The van der Waals surface area contributed by atoms with E-state index < -0.39 is 5.97 Å². The molecule has 0 atom stereocenters. The molecule has 0 saturated heterocycles. The largest absolute Gasteiger partial charge is 0.478 e. The fraction of sp³-hybridized carbons (Fsp3) is 0.500. The molecule has 0 radical (unpaired) electrons. The predicted octanol–water partition coefficient (Wildman–Crippen LogP) is 4.23. The number of hydrogen-bond acceptors (Lipinski definition) is 3. The van der Waals surface area contributed by atoms with Crippen molar-refractivity contribution in [2.24, 2.45) is 0 Å². The Labute approximate surface area is 126 Å². The van der Waals surface area contributed by atoms with Gasteiger partial charge in [0.15, 0.2) is 0 Å². The number of aromatic carboxylic acids is 1. The quantitative estimate of drug-likeness (QED) is 0.858. The SMILES string of the molecule is CSC1CCC(Nc2ccc(C(=O)O)c(Br)c2)CC1. The highest BCUT2D eigenvalue weighted by atomic mass is 79.9. The highest BCUT2D eigenvalue weighted by Gasteiger charge is 2.20. The Morgan fingerprint density at radius 3 is 2.58 bits per heavy atom. The summed E-state index contributed by atoms with van der Waals surface area (Å²) < 4.78 is 0.628. The van der Waals surface area contributed by atoms with Gasteiger partial charge in [-0.3, -0.25) is 0 Å². The Hall–Kier alpha value is -0.680. The molecule has 0 unspecified atom stereocenters. The van der Waals surface area contributed by atoms with Gasteiger partial charge in [-0.05, 0) is 66.1 Å². The minimum Gasteiger partial charge on any atom is -0.478 e. The van der Waals surface area contributed by atoms with Crippen molar-refractivity contribution in [3.8, 4) is 0 Å². The van der Waals surface area contributed by atoms with Gasteiger partial charge in [-0.25, -0.2) is 4.79 Å². The molecule has 0 amide bonds. The predicted molar refractivity (Wildman–Crippen MR) is 84.3 cm³/mol. The molecule has 0 bridgehead atoms. The molecule has 3 nitrogen and oxygen atoms in total. The van der Waals surface area contributed by atoms with E-state index in [1.165, 1.54) is 25.7 Å². The maximum atomic E-state index is 10.9. The average Bonchev–Trinajstić information content (AvgIpc) is 2.39. The van der Waals surface area contributed by atoms with Crippen molar-refractivity contribution in [2.75, 3.05) is 11.6 Å². The molecule has 0 heterocycles. The molecular formula is C14H18BrNO2S. The van der Waals surface area contributed by atoms with Crippen LogP contribution in [0.4, 0.5) is 5.69 Å². The number of carboxylic acids is 1. The second-order valence-electron chi connectivity index (χ2n) is 4.85. The van der Waals surface area contributed by atoms with Crippen LogP contribution in [0.2, 0.25) is 0 Å². The van der Waals surface area contributed by atoms with Gasteiger partial charge in [-0.2, -0.15) is 11.8 Å². The van der Waals surface area contributed by atoms with E-state index in [0.717, 1.165) is 10.9 Å². The molecule has 0 spiro atoms. The third kappa shape index (κ3) is 3.89. The first-order chi connectivity index (χ1) is 9.10. The van der Waals surface area contributed by atoms with Crippen LogP contribution in [0.25, 0.3) is 0 Å². The monoisotopic (exact) mass is 343 g/mol. The van der Waals surface area contributed by atoms with Crippen LogP contribution < -0.4 is 5.32 Å². The van der Waals surface area contributed by atoms with Gasteiger partial charge in [0, 0.05) is 21.5 Å². The Morgan fingerprint density at radius 1 is 1.37 bits per heavy atom. The summed E-state index contributed by atoms with van der Waals surface area (Å²) in [5.41, 5.74) is 1.29. The van der Waals surface area contributed by atoms with Gasteiger partial charge >= 0.3 is 5.97 Å². The minimum atomic E-state index is -0.904. The molecule has 0 aromatic heterocycles. The molecule has 1 fully saturated rings. The number of hydrogen-bond donors (Lipinski definition) is 2.